The van der Waals surface area contributed by atoms with E-state index in [1.807, 2.05) is 13.1 Å². The summed E-state index contributed by atoms with van der Waals surface area (Å²) >= 11 is 0. The van der Waals surface area contributed by atoms with Crippen LogP contribution in [0.1, 0.15) is 17.5 Å². The predicted molar refractivity (Wildman–Crippen MR) is 63.7 cm³/mol. The molecule has 82 valence electrons. The molecule has 0 heterocycles. The van der Waals surface area contributed by atoms with Crippen molar-refractivity contribution in [3.63, 3.8) is 0 Å². The summed E-state index contributed by atoms with van der Waals surface area (Å²) in [5.74, 6) is 0. The fourth-order valence-electron chi connectivity index (χ4n) is 1.39. The largest absolute Gasteiger partial charge is 0.376 e. The molecule has 1 N–H and O–H groups in total. The van der Waals surface area contributed by atoms with Gasteiger partial charge in [0, 0.05) is 6.54 Å². The smallest absolute Gasteiger partial charge is 0.0717 e. The fraction of sp³-hybridized carbons (Fsp3) is 0.385. The third-order valence-electron chi connectivity index (χ3n) is 2.11. The second-order valence-electron chi connectivity index (χ2n) is 3.48. The summed E-state index contributed by atoms with van der Waals surface area (Å²) in [6, 6.07) is 8.44. The molecule has 0 aromatic heterocycles. The first-order valence-corrected chi connectivity index (χ1v) is 5.28. The molecule has 0 fully saturated rings. The number of hydrogen-bond donors (Lipinski definition) is 1. The Morgan fingerprint density at radius 2 is 2.20 bits per heavy atom. The Morgan fingerprint density at radius 1 is 1.40 bits per heavy atom. The first-order valence-electron chi connectivity index (χ1n) is 5.28. The van der Waals surface area contributed by atoms with Gasteiger partial charge in [-0.1, -0.05) is 30.3 Å². The van der Waals surface area contributed by atoms with E-state index in [1.54, 1.807) is 0 Å². The van der Waals surface area contributed by atoms with Gasteiger partial charge in [-0.05, 0) is 24.6 Å². The van der Waals surface area contributed by atoms with E-state index in [2.05, 4.69) is 36.2 Å². The molecule has 0 aliphatic rings. The van der Waals surface area contributed by atoms with Gasteiger partial charge in [-0.2, -0.15) is 0 Å². The van der Waals surface area contributed by atoms with Crippen molar-refractivity contribution in [2.24, 2.45) is 0 Å². The molecule has 0 aliphatic heterocycles. The maximum absolute atomic E-state index is 5.50. The minimum Gasteiger partial charge on any atom is -0.376 e. The highest BCUT2D eigenvalue weighted by molar-refractivity contribution is 5.22. The van der Waals surface area contributed by atoms with Gasteiger partial charge in [0.2, 0.25) is 0 Å². The minimum atomic E-state index is 0.686. The Labute approximate surface area is 92.0 Å². The molecule has 1 rings (SSSR count). The first-order chi connectivity index (χ1) is 7.36. The fourth-order valence-corrected chi connectivity index (χ4v) is 1.39. The molecule has 0 unspecified atom stereocenters. The summed E-state index contributed by atoms with van der Waals surface area (Å²) < 4.78 is 5.50. The monoisotopic (exact) mass is 205 g/mol. The van der Waals surface area contributed by atoms with Crippen molar-refractivity contribution in [3.8, 4) is 0 Å². The van der Waals surface area contributed by atoms with E-state index in [0.717, 1.165) is 19.6 Å². The van der Waals surface area contributed by atoms with E-state index in [4.69, 9.17) is 4.74 Å². The predicted octanol–water partition coefficient (Wildman–Crippen LogP) is 2.50. The molecule has 15 heavy (non-hydrogen) atoms. The SMILES string of the molecule is C=CCCOCc1cccc(CNC)c1. The molecule has 1 aromatic rings. The van der Waals surface area contributed by atoms with Crippen molar-refractivity contribution in [2.45, 2.75) is 19.6 Å². The molecular weight excluding hydrogens is 186 g/mol. The van der Waals surface area contributed by atoms with Crippen LogP contribution in [0.25, 0.3) is 0 Å². The molecular formula is C13H19NO. The quantitative estimate of drug-likeness (QED) is 0.545. The zero-order chi connectivity index (χ0) is 10.9. The summed E-state index contributed by atoms with van der Waals surface area (Å²) in [5, 5.41) is 3.13. The Bertz CT molecular complexity index is 296. The van der Waals surface area contributed by atoms with E-state index in [1.165, 1.54) is 11.1 Å². The van der Waals surface area contributed by atoms with Crippen LogP contribution in [0.2, 0.25) is 0 Å². The molecule has 0 bridgehead atoms. The second-order valence-corrected chi connectivity index (χ2v) is 3.48. The van der Waals surface area contributed by atoms with E-state index in [9.17, 15) is 0 Å². The molecule has 0 amide bonds. The number of hydrogen-bond acceptors (Lipinski definition) is 2. The van der Waals surface area contributed by atoms with E-state index in [-0.39, 0.29) is 0 Å². The summed E-state index contributed by atoms with van der Waals surface area (Å²) in [5.41, 5.74) is 2.52. The standard InChI is InChI=1S/C13H19NO/c1-3-4-8-15-11-13-7-5-6-12(9-13)10-14-2/h3,5-7,9,14H,1,4,8,10-11H2,2H3. The normalized spacial score (nSPS) is 10.2. The third-order valence-corrected chi connectivity index (χ3v) is 2.11. The molecule has 0 saturated carbocycles. The van der Waals surface area contributed by atoms with Crippen LogP contribution in [-0.2, 0) is 17.9 Å². The second kappa shape index (κ2) is 7.21. The Hall–Kier alpha value is -1.12. The first kappa shape index (κ1) is 12.0. The highest BCUT2D eigenvalue weighted by Crippen LogP contribution is 2.06. The Morgan fingerprint density at radius 3 is 2.93 bits per heavy atom. The molecule has 0 atom stereocenters. The van der Waals surface area contributed by atoms with Gasteiger partial charge < -0.3 is 10.1 Å². The van der Waals surface area contributed by atoms with Gasteiger partial charge in [-0.25, -0.2) is 0 Å². The maximum atomic E-state index is 5.50. The summed E-state index contributed by atoms with van der Waals surface area (Å²) in [6.45, 7) is 5.99. The number of benzene rings is 1. The summed E-state index contributed by atoms with van der Waals surface area (Å²) in [7, 11) is 1.95. The van der Waals surface area contributed by atoms with Crippen molar-refractivity contribution in [1.82, 2.24) is 5.32 Å². The van der Waals surface area contributed by atoms with Crippen molar-refractivity contribution in [1.29, 1.82) is 0 Å². The maximum Gasteiger partial charge on any atom is 0.0717 e. The van der Waals surface area contributed by atoms with Crippen LogP contribution in [0.4, 0.5) is 0 Å². The Kier molecular flexibility index (Phi) is 5.74. The van der Waals surface area contributed by atoms with Crippen molar-refractivity contribution in [3.05, 3.63) is 48.0 Å². The summed E-state index contributed by atoms with van der Waals surface area (Å²) in [4.78, 5) is 0. The highest BCUT2D eigenvalue weighted by atomic mass is 16.5. The van der Waals surface area contributed by atoms with Gasteiger partial charge in [0.05, 0.1) is 13.2 Å². The van der Waals surface area contributed by atoms with Gasteiger partial charge in [-0.15, -0.1) is 6.58 Å². The molecule has 0 radical (unpaired) electrons. The number of rotatable bonds is 7. The van der Waals surface area contributed by atoms with Gasteiger partial charge in [0.15, 0.2) is 0 Å². The summed E-state index contributed by atoms with van der Waals surface area (Å²) in [6.07, 6.45) is 2.79. The van der Waals surface area contributed by atoms with Crippen molar-refractivity contribution >= 4 is 0 Å². The Balaban J connectivity index is 2.39. The van der Waals surface area contributed by atoms with E-state index >= 15 is 0 Å². The van der Waals surface area contributed by atoms with Gasteiger partial charge in [-0.3, -0.25) is 0 Å². The van der Waals surface area contributed by atoms with Crippen LogP contribution in [0, 0.1) is 0 Å². The molecule has 2 nitrogen and oxygen atoms in total. The zero-order valence-electron chi connectivity index (χ0n) is 9.33. The van der Waals surface area contributed by atoms with Gasteiger partial charge >= 0.3 is 0 Å². The molecule has 1 aromatic carbocycles. The lowest BCUT2D eigenvalue weighted by Crippen LogP contribution is -2.05. The lowest BCUT2D eigenvalue weighted by atomic mass is 10.1. The number of ether oxygens (including phenoxy) is 1. The topological polar surface area (TPSA) is 21.3 Å². The average molecular weight is 205 g/mol. The van der Waals surface area contributed by atoms with Crippen LogP contribution < -0.4 is 5.32 Å². The molecule has 0 aliphatic carbocycles. The lowest BCUT2D eigenvalue weighted by Gasteiger charge is -2.05. The highest BCUT2D eigenvalue weighted by Gasteiger charge is 1.95. The van der Waals surface area contributed by atoms with Crippen LogP contribution >= 0.6 is 0 Å². The van der Waals surface area contributed by atoms with Crippen molar-refractivity contribution in [2.75, 3.05) is 13.7 Å². The zero-order valence-corrected chi connectivity index (χ0v) is 9.33. The van der Waals surface area contributed by atoms with E-state index in [0.29, 0.717) is 6.61 Å². The number of nitrogens with one attached hydrogen (secondary N) is 1. The van der Waals surface area contributed by atoms with Crippen LogP contribution in [0.3, 0.4) is 0 Å². The molecule has 2 heteroatoms. The third kappa shape index (κ3) is 4.77. The molecule has 0 spiro atoms. The lowest BCUT2D eigenvalue weighted by molar-refractivity contribution is 0.125. The van der Waals surface area contributed by atoms with Crippen LogP contribution in [-0.4, -0.2) is 13.7 Å². The van der Waals surface area contributed by atoms with Gasteiger partial charge in [0.25, 0.3) is 0 Å². The molecule has 0 saturated heterocycles. The van der Waals surface area contributed by atoms with E-state index < -0.39 is 0 Å². The van der Waals surface area contributed by atoms with Gasteiger partial charge in [0.1, 0.15) is 0 Å². The minimum absolute atomic E-state index is 0.686. The van der Waals surface area contributed by atoms with Crippen LogP contribution in [0.15, 0.2) is 36.9 Å². The van der Waals surface area contributed by atoms with Crippen LogP contribution in [0.5, 0.6) is 0 Å². The average Bonchev–Trinajstić information content (AvgIpc) is 2.26. The van der Waals surface area contributed by atoms with Crippen molar-refractivity contribution < 1.29 is 4.74 Å².